The highest BCUT2D eigenvalue weighted by atomic mass is 19.4. The van der Waals surface area contributed by atoms with Gasteiger partial charge in [0.2, 0.25) is 0 Å². The molecule has 0 aliphatic heterocycles. The van der Waals surface area contributed by atoms with Gasteiger partial charge in [-0.15, -0.1) is 0 Å². The summed E-state index contributed by atoms with van der Waals surface area (Å²) in [5, 5.41) is 0. The van der Waals surface area contributed by atoms with Crippen LogP contribution >= 0.6 is 0 Å². The van der Waals surface area contributed by atoms with Crippen LogP contribution in [0, 0.1) is 0 Å². The molecule has 2 nitrogen and oxygen atoms in total. The van der Waals surface area contributed by atoms with E-state index in [1.54, 1.807) is 0 Å². The lowest BCUT2D eigenvalue weighted by molar-refractivity contribution is -0.264. The number of allylic oxidation sites excluding steroid dienone is 2. The molecular weight excluding hydrogens is 254 g/mol. The summed E-state index contributed by atoms with van der Waals surface area (Å²) < 4.78 is 93.7. The van der Waals surface area contributed by atoms with Gasteiger partial charge in [-0.3, -0.25) is 4.79 Å². The molecule has 0 bridgehead atoms. The van der Waals surface area contributed by atoms with Gasteiger partial charge in [-0.2, -0.15) is 35.1 Å². The maximum atomic E-state index is 12.2. The molecule has 0 atom stereocenters. The topological polar surface area (TPSA) is 43.1 Å². The van der Waals surface area contributed by atoms with Crippen LogP contribution in [0.1, 0.15) is 0 Å². The molecule has 0 fully saturated rings. The second-order valence-electron chi connectivity index (χ2n) is 2.53. The first kappa shape index (κ1) is 14.7. The van der Waals surface area contributed by atoms with Crippen molar-refractivity contribution in [3.8, 4) is 0 Å². The van der Waals surface area contributed by atoms with Gasteiger partial charge in [0.15, 0.2) is 0 Å². The van der Waals surface area contributed by atoms with Crippen LogP contribution in [0.4, 0.5) is 35.1 Å². The fraction of sp³-hybridized carbons (Fsp3) is 0.500. The van der Waals surface area contributed by atoms with Crippen molar-refractivity contribution in [2.45, 2.75) is 18.3 Å². The molecule has 0 aromatic heterocycles. The number of carbonyl (C=O) groups is 1. The van der Waals surface area contributed by atoms with Gasteiger partial charge in [0.05, 0.1) is 5.70 Å². The van der Waals surface area contributed by atoms with Crippen molar-refractivity contribution in [2.75, 3.05) is 0 Å². The van der Waals surface area contributed by atoms with Gasteiger partial charge in [0.25, 0.3) is 5.78 Å². The van der Waals surface area contributed by atoms with Crippen LogP contribution in [0.15, 0.2) is 11.8 Å². The second kappa shape index (κ2) is 3.91. The number of carbonyl (C=O) groups excluding carboxylic acids is 1. The van der Waals surface area contributed by atoms with Crippen LogP contribution in [0.2, 0.25) is 0 Å². The first-order valence-corrected chi connectivity index (χ1v) is 3.33. The number of hydrogen-bond donors (Lipinski definition) is 1. The van der Waals surface area contributed by atoms with Gasteiger partial charge in [-0.05, 0) is 0 Å². The highest BCUT2D eigenvalue weighted by Gasteiger charge is 2.60. The summed E-state index contributed by atoms with van der Waals surface area (Å²) in [4.78, 5) is 10.1. The predicted molar refractivity (Wildman–Crippen MR) is 34.3 cm³/mol. The minimum atomic E-state index is -6.17. The molecule has 0 saturated carbocycles. The van der Waals surface area contributed by atoms with Crippen LogP contribution < -0.4 is 5.73 Å². The Hall–Kier alpha value is -1.35. The van der Waals surface area contributed by atoms with E-state index < -0.39 is 35.8 Å². The van der Waals surface area contributed by atoms with Gasteiger partial charge in [0, 0.05) is 6.08 Å². The third-order valence-electron chi connectivity index (χ3n) is 1.28. The molecule has 0 rings (SSSR count). The Labute approximate surface area is 82.7 Å². The Morgan fingerprint density at radius 1 is 0.938 bits per heavy atom. The molecule has 0 amide bonds. The maximum absolute atomic E-state index is 12.2. The summed E-state index contributed by atoms with van der Waals surface area (Å²) in [5.74, 6) is -8.58. The standard InChI is InChI=1S/C6H3F8NO/c7-4(8,6(12,13)14)2(15)1-3(16)5(9,10)11/h1H,15H2/b2-1-. The Morgan fingerprint density at radius 3 is 1.56 bits per heavy atom. The van der Waals surface area contributed by atoms with Crippen molar-refractivity contribution in [1.82, 2.24) is 0 Å². The Bertz CT molecular complexity index is 311. The summed E-state index contributed by atoms with van der Waals surface area (Å²) >= 11 is 0. The lowest BCUT2D eigenvalue weighted by atomic mass is 10.2. The second-order valence-corrected chi connectivity index (χ2v) is 2.53. The molecule has 16 heavy (non-hydrogen) atoms. The van der Waals surface area contributed by atoms with Gasteiger partial charge in [0.1, 0.15) is 0 Å². The van der Waals surface area contributed by atoms with E-state index in [-0.39, 0.29) is 0 Å². The van der Waals surface area contributed by atoms with Crippen molar-refractivity contribution in [1.29, 1.82) is 0 Å². The molecule has 0 aliphatic carbocycles. The van der Waals surface area contributed by atoms with Crippen molar-refractivity contribution in [3.63, 3.8) is 0 Å². The molecule has 10 heteroatoms. The van der Waals surface area contributed by atoms with Crippen molar-refractivity contribution < 1.29 is 39.9 Å². The molecule has 0 aromatic carbocycles. The summed E-state index contributed by atoms with van der Waals surface area (Å²) in [5.41, 5.74) is 1.59. The first-order chi connectivity index (χ1) is 6.80. The molecular formula is C6H3F8NO. The lowest BCUT2D eigenvalue weighted by Crippen LogP contribution is -2.42. The van der Waals surface area contributed by atoms with Crippen molar-refractivity contribution in [2.24, 2.45) is 5.73 Å². The van der Waals surface area contributed by atoms with E-state index in [1.807, 2.05) is 0 Å². The number of hydrogen-bond acceptors (Lipinski definition) is 2. The Morgan fingerprint density at radius 2 is 1.31 bits per heavy atom. The van der Waals surface area contributed by atoms with E-state index in [4.69, 9.17) is 0 Å². The number of nitrogens with two attached hydrogens (primary N) is 1. The Balaban J connectivity index is 5.16. The molecule has 0 unspecified atom stereocenters. The average molecular weight is 257 g/mol. The molecule has 2 N–H and O–H groups in total. The third-order valence-corrected chi connectivity index (χ3v) is 1.28. The van der Waals surface area contributed by atoms with Crippen LogP contribution in [0.25, 0.3) is 0 Å². The zero-order valence-electron chi connectivity index (χ0n) is 7.09. The molecule has 0 aromatic rings. The van der Waals surface area contributed by atoms with Crippen molar-refractivity contribution >= 4 is 5.78 Å². The van der Waals surface area contributed by atoms with Gasteiger partial charge in [-0.1, -0.05) is 0 Å². The molecule has 0 spiro atoms. The van der Waals surface area contributed by atoms with Crippen LogP contribution in [-0.2, 0) is 4.79 Å². The minimum Gasteiger partial charge on any atom is -0.397 e. The summed E-state index contributed by atoms with van der Waals surface area (Å²) in [6, 6.07) is 0. The zero-order valence-corrected chi connectivity index (χ0v) is 7.09. The monoisotopic (exact) mass is 257 g/mol. The highest BCUT2D eigenvalue weighted by molar-refractivity contribution is 5.95. The Kier molecular flexibility index (Phi) is 3.58. The van der Waals surface area contributed by atoms with Gasteiger partial charge < -0.3 is 5.73 Å². The van der Waals surface area contributed by atoms with E-state index in [1.165, 1.54) is 0 Å². The quantitative estimate of drug-likeness (QED) is 0.608. The normalized spacial score (nSPS) is 15.1. The maximum Gasteiger partial charge on any atom is 0.459 e. The van der Waals surface area contributed by atoms with E-state index in [9.17, 15) is 39.9 Å². The number of ketones is 1. The van der Waals surface area contributed by atoms with Gasteiger partial charge in [-0.25, -0.2) is 0 Å². The summed E-state index contributed by atoms with van der Waals surface area (Å²) in [6.45, 7) is 0. The first-order valence-electron chi connectivity index (χ1n) is 3.33. The smallest absolute Gasteiger partial charge is 0.397 e. The van der Waals surface area contributed by atoms with Crippen LogP contribution in [0.3, 0.4) is 0 Å². The highest BCUT2D eigenvalue weighted by Crippen LogP contribution is 2.39. The zero-order chi connectivity index (χ0) is 13.4. The lowest BCUT2D eigenvalue weighted by Gasteiger charge is -2.19. The van der Waals surface area contributed by atoms with E-state index in [2.05, 4.69) is 5.73 Å². The van der Waals surface area contributed by atoms with Crippen LogP contribution in [-0.4, -0.2) is 24.1 Å². The van der Waals surface area contributed by atoms with Crippen LogP contribution in [0.5, 0.6) is 0 Å². The third kappa shape index (κ3) is 3.07. The van der Waals surface area contributed by atoms with E-state index >= 15 is 0 Å². The fourth-order valence-corrected chi connectivity index (χ4v) is 0.477. The summed E-state index contributed by atoms with van der Waals surface area (Å²) in [6.07, 6.45) is -12.7. The average Bonchev–Trinajstić information content (AvgIpc) is 1.99. The molecule has 0 heterocycles. The summed E-state index contributed by atoms with van der Waals surface area (Å²) in [7, 11) is 0. The number of rotatable bonds is 2. The molecule has 0 saturated heterocycles. The van der Waals surface area contributed by atoms with Gasteiger partial charge >= 0.3 is 18.3 Å². The molecule has 94 valence electrons. The molecule has 0 aliphatic rings. The predicted octanol–water partition coefficient (Wildman–Crippen LogP) is 2.16. The number of halogens is 8. The largest absolute Gasteiger partial charge is 0.459 e. The van der Waals surface area contributed by atoms with E-state index in [0.29, 0.717) is 0 Å². The number of alkyl halides is 8. The van der Waals surface area contributed by atoms with E-state index in [0.717, 1.165) is 0 Å². The molecule has 0 radical (unpaired) electrons. The fourth-order valence-electron chi connectivity index (χ4n) is 0.477. The minimum absolute atomic E-state index is 0.993. The SMILES string of the molecule is N/C(=C\C(=O)C(F)(F)F)C(F)(F)C(F)(F)F. The van der Waals surface area contributed by atoms with Crippen molar-refractivity contribution in [3.05, 3.63) is 11.8 Å².